The lowest BCUT2D eigenvalue weighted by atomic mass is 10.3. The van der Waals surface area contributed by atoms with Gasteiger partial charge in [-0.2, -0.15) is 8.78 Å². The zero-order chi connectivity index (χ0) is 15.2. The summed E-state index contributed by atoms with van der Waals surface area (Å²) < 4.78 is 24.9. The van der Waals surface area contributed by atoms with Crippen LogP contribution in [0.25, 0.3) is 0 Å². The van der Waals surface area contributed by atoms with Crippen molar-refractivity contribution in [1.29, 1.82) is 0 Å². The minimum absolute atomic E-state index is 0.0925. The Balaban J connectivity index is 2.02. The highest BCUT2D eigenvalue weighted by Gasteiger charge is 2.13. The van der Waals surface area contributed by atoms with Gasteiger partial charge in [0, 0.05) is 10.3 Å². The Morgan fingerprint density at radius 2 is 2.19 bits per heavy atom. The normalized spacial score (nSPS) is 10.9. The predicted molar refractivity (Wildman–Crippen MR) is 82.3 cm³/mol. The monoisotopic (exact) mass is 348 g/mol. The largest absolute Gasteiger partial charge is 0.325 e. The quantitative estimate of drug-likeness (QED) is 0.622. The number of alkyl halides is 3. The average molecular weight is 349 g/mol. The molecule has 8 heteroatoms. The number of para-hydroxylation sites is 1. The number of amides is 1. The Labute approximate surface area is 133 Å². The van der Waals surface area contributed by atoms with Gasteiger partial charge in [-0.15, -0.1) is 22.9 Å². The van der Waals surface area contributed by atoms with Crippen LogP contribution in [-0.2, 0) is 17.1 Å². The molecule has 0 saturated carbocycles. The molecule has 1 N–H and O–H groups in total. The van der Waals surface area contributed by atoms with E-state index in [-0.39, 0.29) is 12.3 Å². The molecule has 0 bridgehead atoms. The van der Waals surface area contributed by atoms with Gasteiger partial charge in [0.05, 0.1) is 23.7 Å². The molecule has 1 heterocycles. The van der Waals surface area contributed by atoms with Crippen molar-refractivity contribution >= 4 is 46.3 Å². The molecule has 0 saturated heterocycles. The van der Waals surface area contributed by atoms with Crippen LogP contribution in [0.5, 0.6) is 0 Å². The van der Waals surface area contributed by atoms with Crippen LogP contribution in [0.4, 0.5) is 14.5 Å². The summed E-state index contributed by atoms with van der Waals surface area (Å²) in [6.07, 6.45) is 0.0925. The van der Waals surface area contributed by atoms with E-state index in [4.69, 9.17) is 11.6 Å². The lowest BCUT2D eigenvalue weighted by Gasteiger charge is -2.09. The van der Waals surface area contributed by atoms with Crippen LogP contribution < -0.4 is 5.32 Å². The fourth-order valence-corrected chi connectivity index (χ4v) is 3.21. The van der Waals surface area contributed by atoms with Crippen LogP contribution in [0.15, 0.2) is 34.5 Å². The molecule has 0 aliphatic rings. The third-order valence-corrected chi connectivity index (χ3v) is 4.38. The van der Waals surface area contributed by atoms with E-state index in [0.717, 1.165) is 5.69 Å². The van der Waals surface area contributed by atoms with Crippen LogP contribution in [0, 0.1) is 0 Å². The van der Waals surface area contributed by atoms with Crippen molar-refractivity contribution in [3.8, 4) is 0 Å². The van der Waals surface area contributed by atoms with E-state index in [2.05, 4.69) is 10.3 Å². The number of hydrogen-bond donors (Lipinski definition) is 1. The number of halogens is 3. The molecule has 0 spiro atoms. The first-order chi connectivity index (χ1) is 10.1. The van der Waals surface area contributed by atoms with Crippen LogP contribution in [0.2, 0.25) is 0 Å². The lowest BCUT2D eigenvalue weighted by Crippen LogP contribution is -2.15. The number of anilines is 1. The van der Waals surface area contributed by atoms with E-state index in [9.17, 15) is 13.6 Å². The van der Waals surface area contributed by atoms with Crippen molar-refractivity contribution in [2.45, 2.75) is 23.0 Å². The van der Waals surface area contributed by atoms with Gasteiger partial charge in [0.2, 0.25) is 5.91 Å². The number of hydrogen-bond acceptors (Lipinski definition) is 4. The van der Waals surface area contributed by atoms with Gasteiger partial charge in [0.15, 0.2) is 0 Å². The number of nitrogens with zero attached hydrogens (tertiary/aromatic N) is 1. The Hall–Kier alpha value is -1.18. The van der Waals surface area contributed by atoms with Crippen LogP contribution >= 0.6 is 34.7 Å². The van der Waals surface area contributed by atoms with Gasteiger partial charge in [-0.05, 0) is 12.1 Å². The Morgan fingerprint density at radius 3 is 2.86 bits per heavy atom. The molecule has 0 unspecified atom stereocenters. The zero-order valence-electron chi connectivity index (χ0n) is 10.7. The maximum Gasteiger partial charge on any atom is 0.288 e. The number of carbonyl (C=O) groups excluding carboxylic acids is 1. The SMILES string of the molecule is O=C(Cc1nc(CCl)cs1)Nc1ccccc1SC(F)F. The molecule has 0 fully saturated rings. The highest BCUT2D eigenvalue weighted by molar-refractivity contribution is 7.99. The maximum absolute atomic E-state index is 12.5. The molecule has 0 aliphatic heterocycles. The number of rotatable bonds is 6. The van der Waals surface area contributed by atoms with Gasteiger partial charge in [-0.25, -0.2) is 4.98 Å². The van der Waals surface area contributed by atoms with E-state index < -0.39 is 5.76 Å². The van der Waals surface area contributed by atoms with Crippen molar-refractivity contribution in [3.63, 3.8) is 0 Å². The van der Waals surface area contributed by atoms with Crippen molar-refractivity contribution in [1.82, 2.24) is 4.98 Å². The number of carbonyl (C=O) groups is 1. The second-order valence-electron chi connectivity index (χ2n) is 3.97. The summed E-state index contributed by atoms with van der Waals surface area (Å²) >= 11 is 7.39. The van der Waals surface area contributed by atoms with Crippen molar-refractivity contribution < 1.29 is 13.6 Å². The molecule has 21 heavy (non-hydrogen) atoms. The molecule has 0 aliphatic carbocycles. The van der Waals surface area contributed by atoms with E-state index in [0.29, 0.717) is 33.2 Å². The minimum Gasteiger partial charge on any atom is -0.325 e. The lowest BCUT2D eigenvalue weighted by molar-refractivity contribution is -0.115. The standard InChI is InChI=1S/C13H11ClF2N2OS2/c14-6-8-7-20-12(17-8)5-11(19)18-9-3-1-2-4-10(9)21-13(15)16/h1-4,7,13H,5-6H2,(H,18,19). The highest BCUT2D eigenvalue weighted by Crippen LogP contribution is 2.31. The highest BCUT2D eigenvalue weighted by atomic mass is 35.5. The van der Waals surface area contributed by atoms with Gasteiger partial charge in [-0.3, -0.25) is 4.79 Å². The van der Waals surface area contributed by atoms with E-state index in [1.807, 2.05) is 0 Å². The summed E-state index contributed by atoms with van der Waals surface area (Å²) in [5.74, 6) is -2.53. The Morgan fingerprint density at radius 1 is 1.43 bits per heavy atom. The topological polar surface area (TPSA) is 42.0 Å². The predicted octanol–water partition coefficient (Wildman–Crippen LogP) is 4.38. The Kier molecular flexibility index (Phi) is 5.96. The smallest absolute Gasteiger partial charge is 0.288 e. The zero-order valence-corrected chi connectivity index (χ0v) is 13.1. The summed E-state index contributed by atoms with van der Waals surface area (Å²) in [6, 6.07) is 6.46. The fourth-order valence-electron chi connectivity index (χ4n) is 1.59. The molecule has 1 amide bonds. The summed E-state index contributed by atoms with van der Waals surface area (Å²) in [6.45, 7) is 0. The van der Waals surface area contributed by atoms with Gasteiger partial charge in [-0.1, -0.05) is 23.9 Å². The van der Waals surface area contributed by atoms with Crippen LogP contribution in [-0.4, -0.2) is 16.6 Å². The molecular weight excluding hydrogens is 338 g/mol. The molecular formula is C13H11ClF2N2OS2. The number of benzene rings is 1. The molecule has 1 aromatic carbocycles. The van der Waals surface area contributed by atoms with Crippen LogP contribution in [0.3, 0.4) is 0 Å². The van der Waals surface area contributed by atoms with Gasteiger partial charge >= 0.3 is 0 Å². The molecule has 3 nitrogen and oxygen atoms in total. The molecule has 1 aromatic heterocycles. The summed E-state index contributed by atoms with van der Waals surface area (Å²) in [5.41, 5.74) is 1.10. The van der Waals surface area contributed by atoms with Crippen molar-refractivity contribution in [2.75, 3.05) is 5.32 Å². The molecule has 112 valence electrons. The van der Waals surface area contributed by atoms with Crippen LogP contribution in [0.1, 0.15) is 10.7 Å². The van der Waals surface area contributed by atoms with E-state index >= 15 is 0 Å². The van der Waals surface area contributed by atoms with Gasteiger partial charge in [0.1, 0.15) is 5.01 Å². The minimum atomic E-state index is -2.53. The molecule has 2 aromatic rings. The number of aromatic nitrogens is 1. The molecule has 2 rings (SSSR count). The second kappa shape index (κ2) is 7.72. The number of nitrogens with one attached hydrogen (secondary N) is 1. The average Bonchev–Trinajstić information content (AvgIpc) is 2.88. The molecule has 0 radical (unpaired) electrons. The first-order valence-corrected chi connectivity index (χ1v) is 8.21. The second-order valence-corrected chi connectivity index (χ2v) is 6.21. The van der Waals surface area contributed by atoms with Crippen molar-refractivity contribution in [3.05, 3.63) is 40.3 Å². The Bertz CT molecular complexity index is 622. The fraction of sp³-hybridized carbons (Fsp3) is 0.231. The molecule has 0 atom stereocenters. The maximum atomic E-state index is 12.5. The number of thiazole rings is 1. The third kappa shape index (κ3) is 4.94. The van der Waals surface area contributed by atoms with E-state index in [1.54, 1.807) is 29.6 Å². The third-order valence-electron chi connectivity index (χ3n) is 2.43. The van der Waals surface area contributed by atoms with E-state index in [1.165, 1.54) is 11.3 Å². The van der Waals surface area contributed by atoms with Gasteiger partial charge in [0.25, 0.3) is 5.76 Å². The summed E-state index contributed by atoms with van der Waals surface area (Å²) in [4.78, 5) is 16.5. The van der Waals surface area contributed by atoms with Crippen molar-refractivity contribution in [2.24, 2.45) is 0 Å². The summed E-state index contributed by atoms with van der Waals surface area (Å²) in [5, 5.41) is 5.06. The summed E-state index contributed by atoms with van der Waals surface area (Å²) in [7, 11) is 0. The van der Waals surface area contributed by atoms with Gasteiger partial charge < -0.3 is 5.32 Å². The number of thioether (sulfide) groups is 1. The first kappa shape index (κ1) is 16.2. The first-order valence-electron chi connectivity index (χ1n) is 5.91.